The zero-order valence-corrected chi connectivity index (χ0v) is 14.1. The minimum absolute atomic E-state index is 0.00460. The Bertz CT molecular complexity index is 774. The van der Waals surface area contributed by atoms with Gasteiger partial charge in [0.05, 0.1) is 8.66 Å². The van der Waals surface area contributed by atoms with Crippen LogP contribution in [0.15, 0.2) is 38.7 Å². The number of fused-ring (bicyclic) bond motifs is 1. The highest BCUT2D eigenvalue weighted by molar-refractivity contribution is 9.13. The van der Waals surface area contributed by atoms with E-state index in [0.717, 1.165) is 19.2 Å². The predicted molar refractivity (Wildman–Crippen MR) is 86.5 cm³/mol. The SMILES string of the molecule is O=C(c1cc(Br)c(Br)s1)c1c[nH]c2cc(Cl)ccc12. The Balaban J connectivity index is 2.11. The third kappa shape index (κ3) is 2.40. The van der Waals surface area contributed by atoms with Crippen molar-refractivity contribution in [1.82, 2.24) is 4.98 Å². The largest absolute Gasteiger partial charge is 0.360 e. The molecule has 0 radical (unpaired) electrons. The van der Waals surface area contributed by atoms with E-state index in [-0.39, 0.29) is 5.78 Å². The zero-order valence-electron chi connectivity index (χ0n) is 9.34. The van der Waals surface area contributed by atoms with Crippen LogP contribution in [0.1, 0.15) is 15.2 Å². The Labute approximate surface area is 135 Å². The molecule has 0 saturated carbocycles. The summed E-state index contributed by atoms with van der Waals surface area (Å²) in [6.07, 6.45) is 1.73. The highest BCUT2D eigenvalue weighted by Crippen LogP contribution is 2.34. The fourth-order valence-corrected chi connectivity index (χ4v) is 4.04. The molecule has 0 bridgehead atoms. The smallest absolute Gasteiger partial charge is 0.205 e. The first-order chi connectivity index (χ1) is 9.06. The molecule has 0 atom stereocenters. The number of benzene rings is 1. The number of carbonyl (C=O) groups is 1. The molecule has 3 rings (SSSR count). The van der Waals surface area contributed by atoms with Crippen molar-refractivity contribution in [3.63, 3.8) is 0 Å². The van der Waals surface area contributed by atoms with Gasteiger partial charge in [-0.3, -0.25) is 4.79 Å². The van der Waals surface area contributed by atoms with Gasteiger partial charge in [0, 0.05) is 32.2 Å². The van der Waals surface area contributed by atoms with Crippen molar-refractivity contribution in [2.24, 2.45) is 0 Å². The second-order valence-corrected chi connectivity index (χ2v) is 7.61. The maximum Gasteiger partial charge on any atom is 0.205 e. The number of ketones is 1. The molecule has 0 aliphatic heterocycles. The second kappa shape index (κ2) is 5.05. The molecule has 2 aromatic heterocycles. The van der Waals surface area contributed by atoms with Gasteiger partial charge in [-0.25, -0.2) is 0 Å². The van der Waals surface area contributed by atoms with Crippen LogP contribution in [0.3, 0.4) is 0 Å². The lowest BCUT2D eigenvalue weighted by atomic mass is 10.1. The lowest BCUT2D eigenvalue weighted by Crippen LogP contribution is -1.96. The molecule has 6 heteroatoms. The van der Waals surface area contributed by atoms with Crippen LogP contribution in [-0.4, -0.2) is 10.8 Å². The number of aromatic amines is 1. The molecule has 0 amide bonds. The summed E-state index contributed by atoms with van der Waals surface area (Å²) in [5.41, 5.74) is 1.53. The maximum atomic E-state index is 12.5. The van der Waals surface area contributed by atoms with E-state index in [4.69, 9.17) is 11.6 Å². The van der Waals surface area contributed by atoms with Crippen LogP contribution in [0.25, 0.3) is 10.9 Å². The minimum atomic E-state index is 0.00460. The number of hydrogen-bond acceptors (Lipinski definition) is 2. The van der Waals surface area contributed by atoms with E-state index in [1.165, 1.54) is 11.3 Å². The molecular weight excluding hydrogens is 413 g/mol. The number of halogens is 3. The summed E-state index contributed by atoms with van der Waals surface area (Å²) in [4.78, 5) is 16.3. The van der Waals surface area contributed by atoms with E-state index in [2.05, 4.69) is 36.8 Å². The number of carbonyl (C=O) groups excluding carboxylic acids is 1. The molecule has 0 fully saturated rings. The molecule has 3 aromatic rings. The molecule has 0 spiro atoms. The van der Waals surface area contributed by atoms with Gasteiger partial charge in [-0.1, -0.05) is 17.7 Å². The van der Waals surface area contributed by atoms with Crippen molar-refractivity contribution in [3.05, 3.63) is 54.2 Å². The van der Waals surface area contributed by atoms with Gasteiger partial charge >= 0.3 is 0 Å². The van der Waals surface area contributed by atoms with Crippen LogP contribution >= 0.6 is 54.8 Å². The molecule has 1 N–H and O–H groups in total. The average Bonchev–Trinajstić information content (AvgIpc) is 2.93. The Morgan fingerprint density at radius 1 is 1.26 bits per heavy atom. The van der Waals surface area contributed by atoms with E-state index in [9.17, 15) is 4.79 Å². The number of H-pyrrole nitrogens is 1. The van der Waals surface area contributed by atoms with Crippen LogP contribution in [0.2, 0.25) is 5.02 Å². The van der Waals surface area contributed by atoms with Crippen molar-refractivity contribution in [2.75, 3.05) is 0 Å². The topological polar surface area (TPSA) is 32.9 Å². The van der Waals surface area contributed by atoms with E-state index in [1.807, 2.05) is 18.2 Å². The van der Waals surface area contributed by atoms with Crippen molar-refractivity contribution < 1.29 is 4.79 Å². The minimum Gasteiger partial charge on any atom is -0.360 e. The quantitative estimate of drug-likeness (QED) is 0.536. The van der Waals surface area contributed by atoms with E-state index >= 15 is 0 Å². The van der Waals surface area contributed by atoms with E-state index < -0.39 is 0 Å². The van der Waals surface area contributed by atoms with Gasteiger partial charge in [-0.05, 0) is 50.1 Å². The number of aromatic nitrogens is 1. The number of rotatable bonds is 2. The van der Waals surface area contributed by atoms with Gasteiger partial charge in [-0.2, -0.15) is 0 Å². The van der Waals surface area contributed by atoms with Crippen LogP contribution < -0.4 is 0 Å². The molecule has 2 nitrogen and oxygen atoms in total. The van der Waals surface area contributed by atoms with Gasteiger partial charge in [0.25, 0.3) is 0 Å². The van der Waals surface area contributed by atoms with Crippen molar-refractivity contribution in [1.29, 1.82) is 0 Å². The number of nitrogens with one attached hydrogen (secondary N) is 1. The molecule has 0 aliphatic carbocycles. The highest BCUT2D eigenvalue weighted by atomic mass is 79.9. The average molecular weight is 420 g/mol. The fourth-order valence-electron chi connectivity index (χ4n) is 1.88. The van der Waals surface area contributed by atoms with Gasteiger partial charge < -0.3 is 4.98 Å². The standard InChI is InChI=1S/C13H6Br2ClNOS/c14-9-4-11(19-13(9)15)12(18)8-5-17-10-3-6(16)1-2-7(8)10/h1-5,17H. The Morgan fingerprint density at radius 3 is 2.74 bits per heavy atom. The number of thiophene rings is 1. The summed E-state index contributed by atoms with van der Waals surface area (Å²) in [5.74, 6) is 0.00460. The summed E-state index contributed by atoms with van der Waals surface area (Å²) in [6, 6.07) is 7.29. The van der Waals surface area contributed by atoms with Gasteiger partial charge in [0.15, 0.2) is 0 Å². The summed E-state index contributed by atoms with van der Waals surface area (Å²) in [7, 11) is 0. The monoisotopic (exact) mass is 417 g/mol. The molecular formula is C13H6Br2ClNOS. The first-order valence-corrected chi connectivity index (χ1v) is 8.10. The van der Waals surface area contributed by atoms with E-state index in [0.29, 0.717) is 15.5 Å². The normalized spacial score (nSPS) is 11.1. The van der Waals surface area contributed by atoms with Crippen molar-refractivity contribution >= 4 is 71.5 Å². The van der Waals surface area contributed by atoms with Crippen LogP contribution in [0.4, 0.5) is 0 Å². The first-order valence-electron chi connectivity index (χ1n) is 5.32. The van der Waals surface area contributed by atoms with Crippen molar-refractivity contribution in [2.45, 2.75) is 0 Å². The Kier molecular flexibility index (Phi) is 3.55. The molecule has 1 aromatic carbocycles. The van der Waals surface area contributed by atoms with Gasteiger partial charge in [0.1, 0.15) is 0 Å². The summed E-state index contributed by atoms with van der Waals surface area (Å²) < 4.78 is 1.81. The fraction of sp³-hybridized carbons (Fsp3) is 0. The summed E-state index contributed by atoms with van der Waals surface area (Å²) in [5, 5.41) is 1.53. The zero-order chi connectivity index (χ0) is 13.6. The number of hydrogen-bond donors (Lipinski definition) is 1. The molecule has 19 heavy (non-hydrogen) atoms. The maximum absolute atomic E-state index is 12.5. The van der Waals surface area contributed by atoms with Crippen molar-refractivity contribution in [3.8, 4) is 0 Å². The Morgan fingerprint density at radius 2 is 2.05 bits per heavy atom. The molecule has 0 saturated heterocycles. The molecule has 2 heterocycles. The van der Waals surface area contributed by atoms with Crippen LogP contribution in [-0.2, 0) is 0 Å². The third-order valence-electron chi connectivity index (χ3n) is 2.76. The first kappa shape index (κ1) is 13.4. The summed E-state index contributed by atoms with van der Waals surface area (Å²) >= 11 is 14.1. The predicted octanol–water partition coefficient (Wildman–Crippen LogP) is 5.64. The van der Waals surface area contributed by atoms with Crippen LogP contribution in [0.5, 0.6) is 0 Å². The van der Waals surface area contributed by atoms with Crippen LogP contribution in [0, 0.1) is 0 Å². The second-order valence-electron chi connectivity index (χ2n) is 3.95. The Hall–Kier alpha value is -0.620. The molecule has 0 aliphatic rings. The van der Waals surface area contributed by atoms with Gasteiger partial charge in [-0.15, -0.1) is 11.3 Å². The lowest BCUT2D eigenvalue weighted by molar-refractivity contribution is 0.104. The lowest BCUT2D eigenvalue weighted by Gasteiger charge is -1.96. The van der Waals surface area contributed by atoms with E-state index in [1.54, 1.807) is 12.3 Å². The summed E-state index contributed by atoms with van der Waals surface area (Å²) in [6.45, 7) is 0. The third-order valence-corrected chi connectivity index (χ3v) is 6.25. The van der Waals surface area contributed by atoms with Gasteiger partial charge in [0.2, 0.25) is 5.78 Å². The molecule has 0 unspecified atom stereocenters. The molecule has 96 valence electrons. The highest BCUT2D eigenvalue weighted by Gasteiger charge is 2.17.